The summed E-state index contributed by atoms with van der Waals surface area (Å²) >= 11 is 5.26. The minimum Gasteiger partial charge on any atom is -0.332 e. The van der Waals surface area contributed by atoms with E-state index in [-0.39, 0.29) is 18.0 Å². The molecule has 0 radical (unpaired) electrons. The molecule has 0 aromatic heterocycles. The van der Waals surface area contributed by atoms with E-state index in [0.29, 0.717) is 10.8 Å². The molecule has 2 aromatic rings. The molecule has 2 N–H and O–H groups in total. The van der Waals surface area contributed by atoms with Crippen molar-refractivity contribution in [2.75, 3.05) is 23.7 Å². The molecule has 0 saturated carbocycles. The Hall–Kier alpha value is -2.48. The predicted molar refractivity (Wildman–Crippen MR) is 112 cm³/mol. The average molecular weight is 388 g/mol. The zero-order chi connectivity index (χ0) is 19.0. The maximum absolute atomic E-state index is 12.7. The summed E-state index contributed by atoms with van der Waals surface area (Å²) in [5, 5.41) is 6.51. The zero-order valence-electron chi connectivity index (χ0n) is 14.3. The van der Waals surface area contributed by atoms with Crippen LogP contribution in [0.15, 0.2) is 84.8 Å². The molecular formula is C19H21N3O2S2. The molecule has 0 aliphatic carbocycles. The largest absolute Gasteiger partial charge is 0.332 e. The van der Waals surface area contributed by atoms with Gasteiger partial charge in [-0.1, -0.05) is 30.4 Å². The second-order valence-corrected chi connectivity index (χ2v) is 7.72. The molecule has 2 aromatic carbocycles. The summed E-state index contributed by atoms with van der Waals surface area (Å²) in [7, 11) is -3.60. The van der Waals surface area contributed by atoms with Gasteiger partial charge in [0, 0.05) is 24.5 Å². The van der Waals surface area contributed by atoms with Crippen molar-refractivity contribution in [1.29, 1.82) is 0 Å². The SMILES string of the molecule is C=CCN(CC=C)S(=O)(=O)c1ccc(NC(=S)Nc2ccccc2)cc1. The normalized spacial score (nSPS) is 11.0. The van der Waals surface area contributed by atoms with Gasteiger partial charge in [-0.25, -0.2) is 8.42 Å². The van der Waals surface area contributed by atoms with Gasteiger partial charge in [-0.05, 0) is 48.6 Å². The van der Waals surface area contributed by atoms with Crippen molar-refractivity contribution in [3.8, 4) is 0 Å². The van der Waals surface area contributed by atoms with E-state index in [0.717, 1.165) is 5.69 Å². The van der Waals surface area contributed by atoms with Crippen LogP contribution in [-0.2, 0) is 10.0 Å². The molecule has 0 atom stereocenters. The zero-order valence-corrected chi connectivity index (χ0v) is 15.9. The van der Waals surface area contributed by atoms with E-state index in [1.165, 1.54) is 4.31 Å². The van der Waals surface area contributed by atoms with E-state index in [4.69, 9.17) is 12.2 Å². The number of rotatable bonds is 8. The number of benzene rings is 2. The molecule has 0 spiro atoms. The van der Waals surface area contributed by atoms with Gasteiger partial charge in [0.2, 0.25) is 10.0 Å². The van der Waals surface area contributed by atoms with Crippen LogP contribution in [0.1, 0.15) is 0 Å². The predicted octanol–water partition coefficient (Wildman–Crippen LogP) is 3.86. The molecule has 2 rings (SSSR count). The molecule has 0 unspecified atom stereocenters. The Bertz CT molecular complexity index is 853. The Morgan fingerprint density at radius 3 is 1.92 bits per heavy atom. The molecule has 0 saturated heterocycles. The van der Waals surface area contributed by atoms with Crippen molar-refractivity contribution in [2.45, 2.75) is 4.90 Å². The van der Waals surface area contributed by atoms with Crippen LogP contribution in [0.2, 0.25) is 0 Å². The van der Waals surface area contributed by atoms with Crippen LogP contribution in [0.4, 0.5) is 11.4 Å². The van der Waals surface area contributed by atoms with Gasteiger partial charge in [0.1, 0.15) is 0 Å². The molecule has 5 nitrogen and oxygen atoms in total. The number of nitrogens with one attached hydrogen (secondary N) is 2. The number of hydrogen-bond donors (Lipinski definition) is 2. The number of sulfonamides is 1. The van der Waals surface area contributed by atoms with Gasteiger partial charge in [0.05, 0.1) is 4.90 Å². The summed E-state index contributed by atoms with van der Waals surface area (Å²) in [6.07, 6.45) is 3.09. The van der Waals surface area contributed by atoms with Gasteiger partial charge in [0.25, 0.3) is 0 Å². The molecule has 7 heteroatoms. The third-order valence-corrected chi connectivity index (χ3v) is 5.50. The lowest BCUT2D eigenvalue weighted by Gasteiger charge is -2.19. The summed E-state index contributed by atoms with van der Waals surface area (Å²) in [5.74, 6) is 0. The molecule has 136 valence electrons. The van der Waals surface area contributed by atoms with Crippen molar-refractivity contribution in [1.82, 2.24) is 4.31 Å². The number of nitrogens with zero attached hydrogens (tertiary/aromatic N) is 1. The Labute approximate surface area is 160 Å². The van der Waals surface area contributed by atoms with E-state index in [2.05, 4.69) is 23.8 Å². The number of thiocarbonyl (C=S) groups is 1. The highest BCUT2D eigenvalue weighted by Gasteiger charge is 2.22. The highest BCUT2D eigenvalue weighted by atomic mass is 32.2. The first kappa shape index (κ1) is 19.8. The summed E-state index contributed by atoms with van der Waals surface area (Å²) in [5.41, 5.74) is 1.56. The van der Waals surface area contributed by atoms with Gasteiger partial charge >= 0.3 is 0 Å². The van der Waals surface area contributed by atoms with Crippen molar-refractivity contribution in [2.24, 2.45) is 0 Å². The van der Waals surface area contributed by atoms with Gasteiger partial charge in [0.15, 0.2) is 5.11 Å². The first-order chi connectivity index (χ1) is 12.5. The molecule has 0 aliphatic rings. The van der Waals surface area contributed by atoms with E-state index in [1.807, 2.05) is 30.3 Å². The van der Waals surface area contributed by atoms with Crippen molar-refractivity contribution in [3.63, 3.8) is 0 Å². The van der Waals surface area contributed by atoms with Crippen LogP contribution in [0.3, 0.4) is 0 Å². The maximum atomic E-state index is 12.7. The summed E-state index contributed by atoms with van der Waals surface area (Å²) in [6.45, 7) is 7.64. The maximum Gasteiger partial charge on any atom is 0.243 e. The molecule has 0 heterocycles. The van der Waals surface area contributed by atoms with Crippen molar-refractivity contribution < 1.29 is 8.42 Å². The van der Waals surface area contributed by atoms with Crippen LogP contribution < -0.4 is 10.6 Å². The van der Waals surface area contributed by atoms with E-state index in [1.54, 1.807) is 36.4 Å². The summed E-state index contributed by atoms with van der Waals surface area (Å²) in [4.78, 5) is 0.202. The highest BCUT2D eigenvalue weighted by Crippen LogP contribution is 2.19. The molecule has 0 amide bonds. The summed E-state index contributed by atoms with van der Waals surface area (Å²) in [6, 6.07) is 16.0. The van der Waals surface area contributed by atoms with Gasteiger partial charge in [-0.2, -0.15) is 4.31 Å². The van der Waals surface area contributed by atoms with Crippen molar-refractivity contribution >= 4 is 38.7 Å². The van der Waals surface area contributed by atoms with E-state index >= 15 is 0 Å². The standard InChI is InChI=1S/C19H21N3O2S2/c1-3-14-22(15-4-2)26(23,24)18-12-10-17(11-13-18)21-19(25)20-16-8-6-5-7-9-16/h3-13H,1-2,14-15H2,(H2,20,21,25). The molecule has 0 aliphatic heterocycles. The molecule has 0 fully saturated rings. The minimum absolute atomic E-state index is 0.202. The lowest BCUT2D eigenvalue weighted by atomic mass is 10.3. The average Bonchev–Trinajstić information content (AvgIpc) is 2.62. The third kappa shape index (κ3) is 5.26. The molecular weight excluding hydrogens is 366 g/mol. The fourth-order valence-electron chi connectivity index (χ4n) is 2.23. The quantitative estimate of drug-likeness (QED) is 0.532. The first-order valence-electron chi connectivity index (χ1n) is 7.92. The Balaban J connectivity index is 2.08. The van der Waals surface area contributed by atoms with E-state index < -0.39 is 10.0 Å². The van der Waals surface area contributed by atoms with Gasteiger partial charge < -0.3 is 10.6 Å². The topological polar surface area (TPSA) is 61.4 Å². The summed E-state index contributed by atoms with van der Waals surface area (Å²) < 4.78 is 26.6. The van der Waals surface area contributed by atoms with Crippen LogP contribution in [-0.4, -0.2) is 30.9 Å². The number of para-hydroxylation sites is 1. The Kier molecular flexibility index (Phi) is 7.08. The molecule has 26 heavy (non-hydrogen) atoms. The molecule has 0 bridgehead atoms. The second-order valence-electron chi connectivity index (χ2n) is 5.37. The monoisotopic (exact) mass is 387 g/mol. The van der Waals surface area contributed by atoms with Crippen LogP contribution in [0, 0.1) is 0 Å². The lowest BCUT2D eigenvalue weighted by Crippen LogP contribution is -2.31. The van der Waals surface area contributed by atoms with Crippen LogP contribution >= 0.6 is 12.2 Å². The minimum atomic E-state index is -3.60. The van der Waals surface area contributed by atoms with Gasteiger partial charge in [-0.15, -0.1) is 13.2 Å². The fraction of sp³-hybridized carbons (Fsp3) is 0.105. The smallest absolute Gasteiger partial charge is 0.243 e. The fourth-order valence-corrected chi connectivity index (χ4v) is 3.85. The van der Waals surface area contributed by atoms with Gasteiger partial charge in [-0.3, -0.25) is 0 Å². The second kappa shape index (κ2) is 9.28. The lowest BCUT2D eigenvalue weighted by molar-refractivity contribution is 0.474. The van der Waals surface area contributed by atoms with Crippen LogP contribution in [0.25, 0.3) is 0 Å². The van der Waals surface area contributed by atoms with Crippen molar-refractivity contribution in [3.05, 3.63) is 79.9 Å². The number of anilines is 2. The Morgan fingerprint density at radius 1 is 0.923 bits per heavy atom. The van der Waals surface area contributed by atoms with E-state index in [9.17, 15) is 8.42 Å². The van der Waals surface area contributed by atoms with Crippen LogP contribution in [0.5, 0.6) is 0 Å². The third-order valence-electron chi connectivity index (χ3n) is 3.45. The Morgan fingerprint density at radius 2 is 1.42 bits per heavy atom. The highest BCUT2D eigenvalue weighted by molar-refractivity contribution is 7.89. The first-order valence-corrected chi connectivity index (χ1v) is 9.77. The number of hydrogen-bond acceptors (Lipinski definition) is 3.